The van der Waals surface area contributed by atoms with Gasteiger partial charge < -0.3 is 14.8 Å². The van der Waals surface area contributed by atoms with Crippen LogP contribution in [0.5, 0.6) is 11.5 Å². The summed E-state index contributed by atoms with van der Waals surface area (Å²) in [4.78, 5) is 25.6. The summed E-state index contributed by atoms with van der Waals surface area (Å²) in [6.45, 7) is 2.03. The molecule has 5 heteroatoms. The zero-order valence-electron chi connectivity index (χ0n) is 17.0. The fourth-order valence-corrected chi connectivity index (χ4v) is 4.39. The fraction of sp³-hybridized carbons (Fsp3) is 0.333. The predicted octanol–water partition coefficient (Wildman–Crippen LogP) is 4.02. The highest BCUT2D eigenvalue weighted by Crippen LogP contribution is 2.43. The van der Waals surface area contributed by atoms with Crippen LogP contribution in [0, 0.1) is 6.92 Å². The van der Waals surface area contributed by atoms with Crippen molar-refractivity contribution in [3.63, 3.8) is 0 Å². The van der Waals surface area contributed by atoms with Crippen LogP contribution in [0.15, 0.2) is 53.7 Å². The summed E-state index contributed by atoms with van der Waals surface area (Å²) in [5.74, 6) is 1.20. The average Bonchev–Trinajstić information content (AvgIpc) is 2.72. The topological polar surface area (TPSA) is 64.6 Å². The first-order valence-electron chi connectivity index (χ1n) is 9.84. The van der Waals surface area contributed by atoms with Gasteiger partial charge in [-0.25, -0.2) is 0 Å². The molecule has 1 amide bonds. The van der Waals surface area contributed by atoms with Gasteiger partial charge in [-0.05, 0) is 42.5 Å². The highest BCUT2D eigenvalue weighted by Gasteiger charge is 2.38. The first-order valence-corrected chi connectivity index (χ1v) is 9.84. The molecule has 0 bridgehead atoms. The van der Waals surface area contributed by atoms with Gasteiger partial charge in [-0.15, -0.1) is 0 Å². The second-order valence-electron chi connectivity index (χ2n) is 7.75. The number of carbonyl (C=O) groups is 2. The van der Waals surface area contributed by atoms with Crippen molar-refractivity contribution in [1.82, 2.24) is 5.32 Å². The average molecular weight is 391 g/mol. The van der Waals surface area contributed by atoms with E-state index in [2.05, 4.69) is 5.32 Å². The van der Waals surface area contributed by atoms with E-state index < -0.39 is 0 Å². The molecule has 2 atom stereocenters. The zero-order valence-corrected chi connectivity index (χ0v) is 17.0. The molecule has 1 N–H and O–H groups in total. The minimum atomic E-state index is -0.168. The predicted molar refractivity (Wildman–Crippen MR) is 110 cm³/mol. The number of ketones is 1. The summed E-state index contributed by atoms with van der Waals surface area (Å²) in [6, 6.07) is 13.9. The maximum Gasteiger partial charge on any atom is 0.225 e. The molecule has 2 aliphatic rings. The van der Waals surface area contributed by atoms with Crippen molar-refractivity contribution in [2.75, 3.05) is 14.2 Å². The molecule has 2 aromatic rings. The number of methoxy groups -OCH3 is 2. The van der Waals surface area contributed by atoms with Gasteiger partial charge in [0.15, 0.2) is 17.3 Å². The summed E-state index contributed by atoms with van der Waals surface area (Å²) in [6.07, 6.45) is 1.37. The lowest BCUT2D eigenvalue weighted by atomic mass is 9.73. The van der Waals surface area contributed by atoms with E-state index in [1.807, 2.05) is 49.4 Å². The standard InChI is InChI=1S/C24H25NO4/c1-14-4-6-15(7-5-14)18-13-23(27)25-19-10-17(11-20(26)24(18)19)16-8-9-21(28-2)22(12-16)29-3/h4-9,12,17-18H,10-11,13H2,1-3H3,(H,25,27)/t17-,18+/m0/s1. The minimum Gasteiger partial charge on any atom is -0.493 e. The lowest BCUT2D eigenvalue weighted by molar-refractivity contribution is -0.122. The van der Waals surface area contributed by atoms with E-state index in [4.69, 9.17) is 9.47 Å². The van der Waals surface area contributed by atoms with Crippen molar-refractivity contribution in [2.45, 2.75) is 38.0 Å². The Morgan fingerprint density at radius 1 is 0.862 bits per heavy atom. The number of aryl methyl sites for hydroxylation is 1. The minimum absolute atomic E-state index is 0.00174. The smallest absolute Gasteiger partial charge is 0.225 e. The van der Waals surface area contributed by atoms with Gasteiger partial charge in [0.1, 0.15) is 0 Å². The molecule has 29 heavy (non-hydrogen) atoms. The van der Waals surface area contributed by atoms with Crippen LogP contribution in [0.4, 0.5) is 0 Å². The van der Waals surface area contributed by atoms with Crippen LogP contribution in [0.1, 0.15) is 47.8 Å². The molecular weight excluding hydrogens is 366 g/mol. The number of Topliss-reactive ketones (excluding diaryl/α,β-unsaturated/α-hetero) is 1. The third-order valence-electron chi connectivity index (χ3n) is 5.89. The Hall–Kier alpha value is -3.08. The fourth-order valence-electron chi connectivity index (χ4n) is 4.39. The molecule has 0 saturated carbocycles. The molecule has 1 heterocycles. The Bertz CT molecular complexity index is 990. The third kappa shape index (κ3) is 3.65. The number of carbonyl (C=O) groups excluding carboxylic acids is 2. The molecule has 0 saturated heterocycles. The van der Waals surface area contributed by atoms with Crippen molar-refractivity contribution in [2.24, 2.45) is 0 Å². The van der Waals surface area contributed by atoms with Crippen molar-refractivity contribution in [1.29, 1.82) is 0 Å². The summed E-state index contributed by atoms with van der Waals surface area (Å²) in [7, 11) is 3.20. The Balaban J connectivity index is 1.68. The Morgan fingerprint density at radius 2 is 1.55 bits per heavy atom. The molecule has 1 aliphatic heterocycles. The second-order valence-corrected chi connectivity index (χ2v) is 7.75. The largest absolute Gasteiger partial charge is 0.493 e. The molecule has 0 unspecified atom stereocenters. The Morgan fingerprint density at radius 3 is 2.24 bits per heavy atom. The van der Waals surface area contributed by atoms with Gasteiger partial charge in [0.25, 0.3) is 0 Å². The van der Waals surface area contributed by atoms with Crippen molar-refractivity contribution in [3.8, 4) is 11.5 Å². The molecule has 0 radical (unpaired) electrons. The molecule has 1 aliphatic carbocycles. The van der Waals surface area contributed by atoms with Crippen LogP contribution in [0.2, 0.25) is 0 Å². The van der Waals surface area contributed by atoms with E-state index in [1.54, 1.807) is 14.2 Å². The number of allylic oxidation sites excluding steroid dienone is 2. The highest BCUT2D eigenvalue weighted by molar-refractivity contribution is 6.02. The van der Waals surface area contributed by atoms with Crippen molar-refractivity contribution in [3.05, 3.63) is 70.4 Å². The molecular formula is C24H25NO4. The molecule has 2 aromatic carbocycles. The zero-order chi connectivity index (χ0) is 20.5. The van der Waals surface area contributed by atoms with Crippen molar-refractivity contribution >= 4 is 11.7 Å². The number of hydrogen-bond acceptors (Lipinski definition) is 4. The van der Waals surface area contributed by atoms with Gasteiger partial charge in [-0.2, -0.15) is 0 Å². The summed E-state index contributed by atoms with van der Waals surface area (Å²) < 4.78 is 10.7. The Labute approximate surface area is 170 Å². The number of ether oxygens (including phenoxy) is 2. The van der Waals surface area contributed by atoms with Crippen LogP contribution in [-0.2, 0) is 9.59 Å². The first-order chi connectivity index (χ1) is 14.0. The molecule has 0 spiro atoms. The third-order valence-corrected chi connectivity index (χ3v) is 5.89. The van der Waals surface area contributed by atoms with Crippen LogP contribution in [-0.4, -0.2) is 25.9 Å². The van der Waals surface area contributed by atoms with E-state index in [9.17, 15) is 9.59 Å². The van der Waals surface area contributed by atoms with Crippen LogP contribution < -0.4 is 14.8 Å². The van der Waals surface area contributed by atoms with E-state index in [0.29, 0.717) is 30.8 Å². The molecule has 4 rings (SSSR count). The summed E-state index contributed by atoms with van der Waals surface area (Å²) in [5, 5.41) is 2.97. The van der Waals surface area contributed by atoms with Gasteiger partial charge in [0, 0.05) is 30.0 Å². The maximum atomic E-state index is 13.2. The number of hydrogen-bond donors (Lipinski definition) is 1. The Kier molecular flexibility index (Phi) is 5.14. The molecule has 150 valence electrons. The summed E-state index contributed by atoms with van der Waals surface area (Å²) in [5.41, 5.74) is 4.73. The maximum absolute atomic E-state index is 13.2. The molecule has 0 aromatic heterocycles. The number of rotatable bonds is 4. The number of nitrogens with one attached hydrogen (secondary N) is 1. The number of benzene rings is 2. The lowest BCUT2D eigenvalue weighted by Gasteiger charge is -2.34. The van der Waals surface area contributed by atoms with Crippen LogP contribution >= 0.6 is 0 Å². The SMILES string of the molecule is COc1ccc([C@@H]2CC(=O)C3=C(C2)NC(=O)C[C@@H]3c2ccc(C)cc2)cc1OC. The molecule has 5 nitrogen and oxygen atoms in total. The van der Waals surface area contributed by atoms with E-state index in [1.165, 1.54) is 0 Å². The van der Waals surface area contributed by atoms with Gasteiger partial charge in [-0.3, -0.25) is 9.59 Å². The second kappa shape index (κ2) is 7.74. The van der Waals surface area contributed by atoms with Gasteiger partial charge in [-0.1, -0.05) is 35.9 Å². The van der Waals surface area contributed by atoms with Crippen LogP contribution in [0.3, 0.4) is 0 Å². The normalized spacial score (nSPS) is 21.5. The van der Waals surface area contributed by atoms with Gasteiger partial charge in [0.2, 0.25) is 5.91 Å². The quantitative estimate of drug-likeness (QED) is 0.855. The van der Waals surface area contributed by atoms with E-state index >= 15 is 0 Å². The first kappa shape index (κ1) is 19.2. The van der Waals surface area contributed by atoms with Gasteiger partial charge in [0.05, 0.1) is 14.2 Å². The monoisotopic (exact) mass is 391 g/mol. The van der Waals surface area contributed by atoms with E-state index in [0.717, 1.165) is 28.0 Å². The number of amides is 1. The van der Waals surface area contributed by atoms with Crippen molar-refractivity contribution < 1.29 is 19.1 Å². The van der Waals surface area contributed by atoms with E-state index in [-0.39, 0.29) is 23.5 Å². The lowest BCUT2D eigenvalue weighted by Crippen LogP contribution is -2.38. The molecule has 0 fully saturated rings. The summed E-state index contributed by atoms with van der Waals surface area (Å²) >= 11 is 0. The van der Waals surface area contributed by atoms with Gasteiger partial charge >= 0.3 is 0 Å². The van der Waals surface area contributed by atoms with Crippen LogP contribution in [0.25, 0.3) is 0 Å². The highest BCUT2D eigenvalue weighted by atomic mass is 16.5.